The Morgan fingerprint density at radius 1 is 1.55 bits per heavy atom. The maximum absolute atomic E-state index is 12.1. The van der Waals surface area contributed by atoms with E-state index < -0.39 is 0 Å². The van der Waals surface area contributed by atoms with Crippen LogP contribution in [0.4, 0.5) is 5.69 Å². The molecule has 106 valence electrons. The number of anilines is 1. The van der Waals surface area contributed by atoms with Crippen molar-refractivity contribution in [3.8, 4) is 6.07 Å². The van der Waals surface area contributed by atoms with Crippen molar-refractivity contribution in [3.63, 3.8) is 0 Å². The van der Waals surface area contributed by atoms with Crippen molar-refractivity contribution in [2.24, 2.45) is 0 Å². The van der Waals surface area contributed by atoms with Gasteiger partial charge in [0.1, 0.15) is 6.04 Å². The number of amides is 1. The van der Waals surface area contributed by atoms with Gasteiger partial charge in [0.05, 0.1) is 18.3 Å². The molecule has 0 aromatic heterocycles. The van der Waals surface area contributed by atoms with E-state index in [1.165, 1.54) is 0 Å². The van der Waals surface area contributed by atoms with E-state index in [1.807, 2.05) is 23.1 Å². The second-order valence-corrected chi connectivity index (χ2v) is 6.26. The van der Waals surface area contributed by atoms with Crippen LogP contribution in [0.5, 0.6) is 0 Å². The highest BCUT2D eigenvalue weighted by atomic mass is 79.9. The zero-order chi connectivity index (χ0) is 14.5. The molecule has 1 amide bonds. The third kappa shape index (κ3) is 4.03. The Morgan fingerprint density at radius 2 is 2.35 bits per heavy atom. The third-order valence-electron chi connectivity index (χ3n) is 3.06. The molecule has 0 radical (unpaired) electrons. The molecule has 1 aliphatic rings. The van der Waals surface area contributed by atoms with E-state index in [-0.39, 0.29) is 18.5 Å². The normalized spacial score (nSPS) is 19.4. The zero-order valence-corrected chi connectivity index (χ0v) is 13.9. The zero-order valence-electron chi connectivity index (χ0n) is 10.7. The summed E-state index contributed by atoms with van der Waals surface area (Å²) in [5.41, 5.74) is 0.724. The summed E-state index contributed by atoms with van der Waals surface area (Å²) in [6.45, 7) is 2.33. The number of piperazine rings is 1. The van der Waals surface area contributed by atoms with Crippen LogP contribution in [0.25, 0.3) is 0 Å². The SMILES string of the molecule is N#CC1CNCCN1CC(=O)Nc1ccc(Br)cc1Br. The van der Waals surface area contributed by atoms with Crippen LogP contribution in [0, 0.1) is 11.3 Å². The first-order valence-corrected chi connectivity index (χ1v) is 7.78. The summed E-state index contributed by atoms with van der Waals surface area (Å²) >= 11 is 6.77. The minimum absolute atomic E-state index is 0.116. The molecule has 5 nitrogen and oxygen atoms in total. The van der Waals surface area contributed by atoms with Crippen molar-refractivity contribution in [1.82, 2.24) is 10.2 Å². The minimum atomic E-state index is -0.247. The average molecular weight is 402 g/mol. The number of nitrogens with one attached hydrogen (secondary N) is 2. The molecule has 2 N–H and O–H groups in total. The average Bonchev–Trinajstić information content (AvgIpc) is 2.42. The number of benzene rings is 1. The van der Waals surface area contributed by atoms with Crippen LogP contribution in [0.15, 0.2) is 27.1 Å². The van der Waals surface area contributed by atoms with Gasteiger partial charge >= 0.3 is 0 Å². The topological polar surface area (TPSA) is 68.2 Å². The molecule has 7 heteroatoms. The van der Waals surface area contributed by atoms with Crippen LogP contribution >= 0.6 is 31.9 Å². The first-order chi connectivity index (χ1) is 9.60. The molecule has 1 atom stereocenters. The number of rotatable bonds is 3. The smallest absolute Gasteiger partial charge is 0.238 e. The molecule has 1 fully saturated rings. The molecule has 0 spiro atoms. The van der Waals surface area contributed by atoms with E-state index in [0.717, 1.165) is 21.2 Å². The summed E-state index contributed by atoms with van der Waals surface area (Å²) in [6, 6.07) is 7.53. The van der Waals surface area contributed by atoms with E-state index in [9.17, 15) is 4.79 Å². The molecule has 20 heavy (non-hydrogen) atoms. The van der Waals surface area contributed by atoms with Crippen LogP contribution in [0.1, 0.15) is 0 Å². The fraction of sp³-hybridized carbons (Fsp3) is 0.385. The minimum Gasteiger partial charge on any atom is -0.324 e. The molecule has 1 aliphatic heterocycles. The molecular weight excluding hydrogens is 388 g/mol. The van der Waals surface area contributed by atoms with Crippen molar-refractivity contribution in [1.29, 1.82) is 5.26 Å². The van der Waals surface area contributed by atoms with Gasteiger partial charge in [-0.05, 0) is 34.1 Å². The molecule has 1 unspecified atom stereocenters. The summed E-state index contributed by atoms with van der Waals surface area (Å²) in [5, 5.41) is 15.1. The van der Waals surface area contributed by atoms with Gasteiger partial charge in [0, 0.05) is 28.6 Å². The lowest BCUT2D eigenvalue weighted by atomic mass is 10.2. The Bertz CT molecular complexity index is 544. The fourth-order valence-corrected chi connectivity index (χ4v) is 3.17. The fourth-order valence-electron chi connectivity index (χ4n) is 2.03. The van der Waals surface area contributed by atoms with Crippen LogP contribution in [0.3, 0.4) is 0 Å². The van der Waals surface area contributed by atoms with E-state index >= 15 is 0 Å². The van der Waals surface area contributed by atoms with Crippen LogP contribution in [-0.2, 0) is 4.79 Å². The predicted molar refractivity (Wildman–Crippen MR) is 84.3 cm³/mol. The first-order valence-electron chi connectivity index (χ1n) is 6.19. The van der Waals surface area contributed by atoms with Crippen LogP contribution in [0.2, 0.25) is 0 Å². The molecule has 0 aliphatic carbocycles. The van der Waals surface area contributed by atoms with E-state index in [1.54, 1.807) is 0 Å². The highest BCUT2D eigenvalue weighted by molar-refractivity contribution is 9.11. The highest BCUT2D eigenvalue weighted by Crippen LogP contribution is 2.26. The number of hydrogen-bond acceptors (Lipinski definition) is 4. The number of hydrogen-bond donors (Lipinski definition) is 2. The lowest BCUT2D eigenvalue weighted by molar-refractivity contribution is -0.117. The summed E-state index contributed by atoms with van der Waals surface area (Å²) < 4.78 is 1.76. The van der Waals surface area contributed by atoms with Gasteiger partial charge in [-0.25, -0.2) is 0 Å². The van der Waals surface area contributed by atoms with Gasteiger partial charge < -0.3 is 10.6 Å². The molecule has 0 saturated carbocycles. The lowest BCUT2D eigenvalue weighted by Gasteiger charge is -2.31. The van der Waals surface area contributed by atoms with Crippen LogP contribution < -0.4 is 10.6 Å². The third-order valence-corrected chi connectivity index (χ3v) is 4.20. The van der Waals surface area contributed by atoms with E-state index in [2.05, 4.69) is 48.6 Å². The Kier molecular flexibility index (Phi) is 5.54. The summed E-state index contributed by atoms with van der Waals surface area (Å²) in [4.78, 5) is 14.0. The molecule has 0 bridgehead atoms. The molecule has 1 saturated heterocycles. The van der Waals surface area contributed by atoms with Gasteiger partial charge in [-0.2, -0.15) is 5.26 Å². The second-order valence-electron chi connectivity index (χ2n) is 4.49. The van der Waals surface area contributed by atoms with E-state index in [4.69, 9.17) is 5.26 Å². The van der Waals surface area contributed by atoms with Crippen molar-refractivity contribution in [2.45, 2.75) is 6.04 Å². The van der Waals surface area contributed by atoms with Gasteiger partial charge in [-0.1, -0.05) is 15.9 Å². The molecule has 1 heterocycles. The summed E-state index contributed by atoms with van der Waals surface area (Å²) in [7, 11) is 0. The number of carbonyl (C=O) groups excluding carboxylic acids is 1. The van der Waals surface area contributed by atoms with E-state index in [0.29, 0.717) is 13.1 Å². The predicted octanol–water partition coefficient (Wildman–Crippen LogP) is 1.95. The second kappa shape index (κ2) is 7.18. The largest absolute Gasteiger partial charge is 0.324 e. The number of halogens is 2. The molecule has 1 aromatic rings. The van der Waals surface area contributed by atoms with Crippen molar-refractivity contribution < 1.29 is 4.79 Å². The van der Waals surface area contributed by atoms with Crippen LogP contribution in [-0.4, -0.2) is 43.0 Å². The van der Waals surface area contributed by atoms with Gasteiger partial charge in [0.15, 0.2) is 0 Å². The first kappa shape index (κ1) is 15.4. The van der Waals surface area contributed by atoms with Gasteiger partial charge in [0.25, 0.3) is 0 Å². The number of nitriles is 1. The Balaban J connectivity index is 1.96. The van der Waals surface area contributed by atoms with Gasteiger partial charge in [-0.15, -0.1) is 0 Å². The lowest BCUT2D eigenvalue weighted by Crippen LogP contribution is -2.52. The molecule has 2 rings (SSSR count). The highest BCUT2D eigenvalue weighted by Gasteiger charge is 2.23. The van der Waals surface area contributed by atoms with Crippen molar-refractivity contribution >= 4 is 43.5 Å². The summed E-state index contributed by atoms with van der Waals surface area (Å²) in [6.07, 6.45) is 0. The maximum atomic E-state index is 12.1. The molecule has 1 aromatic carbocycles. The standard InChI is InChI=1S/C13H14Br2N4O/c14-9-1-2-12(11(15)5-9)18-13(20)8-19-4-3-17-7-10(19)6-16/h1-2,5,10,17H,3-4,7-8H2,(H,18,20). The maximum Gasteiger partial charge on any atom is 0.238 e. The Labute approximate surface area is 134 Å². The Hall–Kier alpha value is -0.940. The number of carbonyl (C=O) groups is 1. The monoisotopic (exact) mass is 400 g/mol. The van der Waals surface area contributed by atoms with Gasteiger partial charge in [0.2, 0.25) is 5.91 Å². The quantitative estimate of drug-likeness (QED) is 0.812. The van der Waals surface area contributed by atoms with Gasteiger partial charge in [-0.3, -0.25) is 9.69 Å². The van der Waals surface area contributed by atoms with Crippen molar-refractivity contribution in [3.05, 3.63) is 27.1 Å². The Morgan fingerprint density at radius 3 is 3.05 bits per heavy atom. The molecular formula is C13H14Br2N4O. The summed E-state index contributed by atoms with van der Waals surface area (Å²) in [5.74, 6) is -0.116. The van der Waals surface area contributed by atoms with Crippen molar-refractivity contribution in [2.75, 3.05) is 31.5 Å². The number of nitrogens with zero attached hydrogens (tertiary/aromatic N) is 2.